The molecule has 0 saturated carbocycles. The van der Waals surface area contributed by atoms with Crippen LogP contribution >= 0.6 is 0 Å². The summed E-state index contributed by atoms with van der Waals surface area (Å²) in [5.41, 5.74) is 4.93. The van der Waals surface area contributed by atoms with Crippen LogP contribution in [0.2, 0.25) is 0 Å². The molecule has 0 radical (unpaired) electrons. The topological polar surface area (TPSA) is 97.6 Å². The van der Waals surface area contributed by atoms with E-state index in [1.165, 1.54) is 19.2 Å². The molecule has 0 saturated heterocycles. The van der Waals surface area contributed by atoms with E-state index in [9.17, 15) is 23.1 Å². The fraction of sp³-hybridized carbons (Fsp3) is 0.500. The van der Waals surface area contributed by atoms with Gasteiger partial charge in [0.1, 0.15) is 6.54 Å². The summed E-state index contributed by atoms with van der Waals surface area (Å²) in [6.07, 6.45) is -3.06. The zero-order valence-electron chi connectivity index (χ0n) is 14.8. The van der Waals surface area contributed by atoms with E-state index in [-0.39, 0.29) is 5.52 Å². The maximum atomic E-state index is 12.8. The molecule has 2 rings (SSSR count). The van der Waals surface area contributed by atoms with Crippen LogP contribution < -0.4 is 16.7 Å². The highest BCUT2D eigenvalue weighted by molar-refractivity contribution is 5.88. The van der Waals surface area contributed by atoms with Crippen LogP contribution in [0.15, 0.2) is 21.9 Å². The van der Waals surface area contributed by atoms with Crippen LogP contribution in [0.25, 0.3) is 11.0 Å². The van der Waals surface area contributed by atoms with Crippen molar-refractivity contribution in [1.29, 1.82) is 0 Å². The molecule has 0 atom stereocenters. The molecule has 0 spiro atoms. The first-order chi connectivity index (χ1) is 11.9. The van der Waals surface area contributed by atoms with Gasteiger partial charge < -0.3 is 16.2 Å². The van der Waals surface area contributed by atoms with Gasteiger partial charge in [0.15, 0.2) is 0 Å². The largest absolute Gasteiger partial charge is 0.406 e. The van der Waals surface area contributed by atoms with Crippen LogP contribution in [0.4, 0.5) is 24.5 Å². The van der Waals surface area contributed by atoms with Crippen LogP contribution in [0.5, 0.6) is 0 Å². The van der Waals surface area contributed by atoms with Crippen molar-refractivity contribution in [3.05, 3.63) is 22.6 Å². The minimum atomic E-state index is -4.53. The summed E-state index contributed by atoms with van der Waals surface area (Å²) in [4.78, 5) is 16.2. The average molecular weight is 373 g/mol. The summed E-state index contributed by atoms with van der Waals surface area (Å²) in [6.45, 7) is 2.27. The number of alkyl halides is 3. The second kappa shape index (κ2) is 7.02. The van der Waals surface area contributed by atoms with Crippen LogP contribution in [0.1, 0.15) is 20.3 Å². The van der Waals surface area contributed by atoms with Gasteiger partial charge >= 0.3 is 11.9 Å². The van der Waals surface area contributed by atoms with Crippen molar-refractivity contribution in [2.45, 2.75) is 38.6 Å². The Morgan fingerprint density at radius 2 is 1.96 bits per heavy atom. The van der Waals surface area contributed by atoms with E-state index >= 15 is 0 Å². The number of aryl methyl sites for hydroxylation is 1. The van der Waals surface area contributed by atoms with E-state index in [4.69, 9.17) is 5.73 Å². The Morgan fingerprint density at radius 3 is 2.50 bits per heavy atom. The highest BCUT2D eigenvalue weighted by atomic mass is 19.4. The molecule has 144 valence electrons. The maximum Gasteiger partial charge on any atom is 0.406 e. The van der Waals surface area contributed by atoms with Gasteiger partial charge in [-0.25, -0.2) is 9.79 Å². The predicted octanol–water partition coefficient (Wildman–Crippen LogP) is 2.09. The number of hydrogen-bond acceptors (Lipinski definition) is 4. The number of hydrogen-bond donors (Lipinski definition) is 3. The normalized spacial score (nSPS) is 13.0. The van der Waals surface area contributed by atoms with Gasteiger partial charge in [-0.2, -0.15) is 13.2 Å². The highest BCUT2D eigenvalue weighted by Gasteiger charge is 2.30. The molecule has 7 nitrogen and oxygen atoms in total. The number of benzene rings is 1. The number of aliphatic imine (C=N–C) groups is 1. The Labute approximate surface area is 147 Å². The number of imidazole rings is 1. The van der Waals surface area contributed by atoms with E-state index in [0.717, 1.165) is 10.9 Å². The van der Waals surface area contributed by atoms with Gasteiger partial charge in [0.25, 0.3) is 0 Å². The number of nitrogens with two attached hydrogens (primary N) is 1. The number of nitrogens with one attached hydrogen (secondary N) is 1. The summed E-state index contributed by atoms with van der Waals surface area (Å²) in [5.74, 6) is 0. The molecule has 0 aliphatic rings. The molecular formula is C16H22F3N5O2. The Kier molecular flexibility index (Phi) is 5.36. The first-order valence-corrected chi connectivity index (χ1v) is 7.93. The lowest BCUT2D eigenvalue weighted by Gasteiger charge is -2.18. The first kappa shape index (κ1) is 19.8. The minimum absolute atomic E-state index is 0.136. The second-order valence-corrected chi connectivity index (χ2v) is 6.67. The van der Waals surface area contributed by atoms with E-state index in [0.29, 0.717) is 34.4 Å². The number of fused-ring (bicyclic) bond motifs is 1. The monoisotopic (exact) mass is 373 g/mol. The van der Waals surface area contributed by atoms with E-state index in [2.05, 4.69) is 10.3 Å². The smallest absolute Gasteiger partial charge is 0.390 e. The highest BCUT2D eigenvalue weighted by Crippen LogP contribution is 2.31. The molecule has 10 heteroatoms. The number of aliphatic hydroxyl groups is 1. The molecule has 0 fully saturated rings. The van der Waals surface area contributed by atoms with Gasteiger partial charge in [0.05, 0.1) is 34.3 Å². The third kappa shape index (κ3) is 4.57. The number of halogens is 3. The van der Waals surface area contributed by atoms with Crippen LogP contribution in [-0.2, 0) is 13.6 Å². The van der Waals surface area contributed by atoms with Gasteiger partial charge in [-0.05, 0) is 32.4 Å². The van der Waals surface area contributed by atoms with E-state index < -0.39 is 24.0 Å². The Bertz CT molecular complexity index is 875. The van der Waals surface area contributed by atoms with Crippen molar-refractivity contribution >= 4 is 28.7 Å². The standard InChI is InChI=1S/C16H22F3N5O2/c1-15(2,26)4-5-21-10-7-13-12(6-11(10)22-9-20)23(3)14(25)24(13)8-16(17,18)19/h6-7,9,21,26H,4-5,8H2,1-3H3,(H2,20,22). The fourth-order valence-electron chi connectivity index (χ4n) is 2.60. The number of aromatic nitrogens is 2. The van der Waals surface area contributed by atoms with Crippen molar-refractivity contribution in [1.82, 2.24) is 9.13 Å². The first-order valence-electron chi connectivity index (χ1n) is 7.93. The molecule has 0 bridgehead atoms. The second-order valence-electron chi connectivity index (χ2n) is 6.67. The van der Waals surface area contributed by atoms with Gasteiger partial charge in [-0.1, -0.05) is 0 Å². The zero-order valence-corrected chi connectivity index (χ0v) is 14.8. The summed E-state index contributed by atoms with van der Waals surface area (Å²) in [7, 11) is 1.40. The molecule has 4 N–H and O–H groups in total. The van der Waals surface area contributed by atoms with Gasteiger partial charge in [0.2, 0.25) is 0 Å². The van der Waals surface area contributed by atoms with Crippen LogP contribution in [-0.4, -0.2) is 38.9 Å². The summed E-state index contributed by atoms with van der Waals surface area (Å²) in [5, 5.41) is 12.8. The Morgan fingerprint density at radius 1 is 1.31 bits per heavy atom. The maximum absolute atomic E-state index is 12.8. The lowest BCUT2D eigenvalue weighted by molar-refractivity contribution is -0.140. The van der Waals surface area contributed by atoms with Crippen LogP contribution in [0, 0.1) is 0 Å². The molecule has 0 aliphatic carbocycles. The predicted molar refractivity (Wildman–Crippen MR) is 95.0 cm³/mol. The quantitative estimate of drug-likeness (QED) is 0.533. The van der Waals surface area contributed by atoms with Crippen molar-refractivity contribution in [2.75, 3.05) is 11.9 Å². The average Bonchev–Trinajstić information content (AvgIpc) is 2.70. The molecule has 1 aromatic carbocycles. The van der Waals surface area contributed by atoms with Crippen LogP contribution in [0.3, 0.4) is 0 Å². The summed E-state index contributed by atoms with van der Waals surface area (Å²) >= 11 is 0. The Hall–Kier alpha value is -2.49. The fourth-order valence-corrected chi connectivity index (χ4v) is 2.60. The number of nitrogens with zero attached hydrogens (tertiary/aromatic N) is 3. The number of rotatable bonds is 6. The molecule has 0 unspecified atom stereocenters. The van der Waals surface area contributed by atoms with Crippen molar-refractivity contribution in [3.8, 4) is 0 Å². The third-order valence-electron chi connectivity index (χ3n) is 3.87. The SMILES string of the molecule is Cn1c(=O)n(CC(F)(F)F)c2cc(NCCC(C)(C)O)c(N=CN)cc21. The molecular weight excluding hydrogens is 351 g/mol. The van der Waals surface area contributed by atoms with Gasteiger partial charge in [-0.3, -0.25) is 9.13 Å². The lowest BCUT2D eigenvalue weighted by atomic mass is 10.1. The van der Waals surface area contributed by atoms with Crippen molar-refractivity contribution < 1.29 is 18.3 Å². The third-order valence-corrected chi connectivity index (χ3v) is 3.87. The number of anilines is 1. The summed E-state index contributed by atoms with van der Waals surface area (Å²) < 4.78 is 40.3. The van der Waals surface area contributed by atoms with Gasteiger partial charge in [0, 0.05) is 13.6 Å². The lowest BCUT2D eigenvalue weighted by Crippen LogP contribution is -2.28. The van der Waals surface area contributed by atoms with Crippen molar-refractivity contribution in [3.63, 3.8) is 0 Å². The van der Waals surface area contributed by atoms with E-state index in [1.54, 1.807) is 13.8 Å². The zero-order chi connectivity index (χ0) is 19.7. The van der Waals surface area contributed by atoms with Gasteiger partial charge in [-0.15, -0.1) is 0 Å². The molecule has 1 heterocycles. The molecule has 0 aliphatic heterocycles. The molecule has 1 aromatic heterocycles. The molecule has 0 amide bonds. The van der Waals surface area contributed by atoms with E-state index in [1.807, 2.05) is 0 Å². The minimum Gasteiger partial charge on any atom is -0.390 e. The Balaban J connectivity index is 2.54. The van der Waals surface area contributed by atoms with Crippen molar-refractivity contribution in [2.24, 2.45) is 17.8 Å². The summed E-state index contributed by atoms with van der Waals surface area (Å²) in [6, 6.07) is 2.94. The molecule has 2 aromatic rings. The molecule has 26 heavy (non-hydrogen) atoms.